The van der Waals surface area contributed by atoms with Crippen molar-refractivity contribution < 1.29 is 19.2 Å². The van der Waals surface area contributed by atoms with Crippen LogP contribution in [-0.4, -0.2) is 10.0 Å². The van der Waals surface area contributed by atoms with E-state index in [2.05, 4.69) is 0 Å². The molecular weight excluding hydrogens is 265 g/mol. The zero-order chi connectivity index (χ0) is 14.5. The molecule has 1 N–H and O–H groups in total. The predicted molar refractivity (Wildman–Crippen MR) is 69.8 cm³/mol. The second-order valence-corrected chi connectivity index (χ2v) is 4.13. The number of hydrogen-bond acceptors (Lipinski definition) is 4. The summed E-state index contributed by atoms with van der Waals surface area (Å²) in [4.78, 5) is 10.4. The van der Waals surface area contributed by atoms with E-state index in [0.717, 1.165) is 0 Å². The van der Waals surface area contributed by atoms with Crippen molar-refractivity contribution in [1.29, 1.82) is 0 Å². The Morgan fingerprint density at radius 2 is 1.80 bits per heavy atom. The molecule has 0 aromatic heterocycles. The standard InChI is InChI=1S/C14H12FNO4/c15-12-4-1-10(2-5-12)9-20-14-6-3-11(8-17)7-13(14)16(18)19/h1-7,17H,8-9H2. The van der Waals surface area contributed by atoms with Crippen molar-refractivity contribution in [2.24, 2.45) is 0 Å². The normalized spacial score (nSPS) is 10.3. The molecule has 0 radical (unpaired) electrons. The van der Waals surface area contributed by atoms with Crippen LogP contribution >= 0.6 is 0 Å². The van der Waals surface area contributed by atoms with Gasteiger partial charge in [0.2, 0.25) is 0 Å². The molecule has 104 valence electrons. The van der Waals surface area contributed by atoms with Gasteiger partial charge in [-0.25, -0.2) is 4.39 Å². The van der Waals surface area contributed by atoms with Crippen molar-refractivity contribution in [2.45, 2.75) is 13.2 Å². The molecule has 0 atom stereocenters. The third-order valence-electron chi connectivity index (χ3n) is 2.71. The summed E-state index contributed by atoms with van der Waals surface area (Å²) in [6.07, 6.45) is 0. The van der Waals surface area contributed by atoms with Crippen LogP contribution in [0.2, 0.25) is 0 Å². The van der Waals surface area contributed by atoms with E-state index >= 15 is 0 Å². The lowest BCUT2D eigenvalue weighted by Crippen LogP contribution is -2.00. The Balaban J connectivity index is 2.16. The van der Waals surface area contributed by atoms with E-state index < -0.39 is 4.92 Å². The number of nitrogens with zero attached hydrogens (tertiary/aromatic N) is 1. The SMILES string of the molecule is O=[N+]([O-])c1cc(CO)ccc1OCc1ccc(F)cc1. The molecule has 0 fully saturated rings. The Bertz CT molecular complexity index is 613. The Labute approximate surface area is 114 Å². The van der Waals surface area contributed by atoms with Crippen molar-refractivity contribution >= 4 is 5.69 Å². The van der Waals surface area contributed by atoms with Crippen LogP contribution in [0.25, 0.3) is 0 Å². The zero-order valence-corrected chi connectivity index (χ0v) is 10.5. The average molecular weight is 277 g/mol. The van der Waals surface area contributed by atoms with Gasteiger partial charge < -0.3 is 9.84 Å². The summed E-state index contributed by atoms with van der Waals surface area (Å²) < 4.78 is 18.1. The largest absolute Gasteiger partial charge is 0.482 e. The van der Waals surface area contributed by atoms with E-state index in [0.29, 0.717) is 11.1 Å². The third kappa shape index (κ3) is 3.30. The summed E-state index contributed by atoms with van der Waals surface area (Å²) in [7, 11) is 0. The van der Waals surface area contributed by atoms with Crippen LogP contribution in [0.1, 0.15) is 11.1 Å². The fraction of sp³-hybridized carbons (Fsp3) is 0.143. The van der Waals surface area contributed by atoms with Gasteiger partial charge in [0.1, 0.15) is 12.4 Å². The van der Waals surface area contributed by atoms with E-state index in [1.807, 2.05) is 0 Å². The van der Waals surface area contributed by atoms with Crippen LogP contribution in [0.3, 0.4) is 0 Å². The Hall–Kier alpha value is -2.47. The van der Waals surface area contributed by atoms with Crippen LogP contribution in [0, 0.1) is 15.9 Å². The minimum atomic E-state index is -0.570. The molecule has 2 rings (SSSR count). The number of hydrogen-bond donors (Lipinski definition) is 1. The van der Waals surface area contributed by atoms with Crippen LogP contribution in [0.5, 0.6) is 5.75 Å². The number of rotatable bonds is 5. The first kappa shape index (κ1) is 14.0. The maximum Gasteiger partial charge on any atom is 0.311 e. The molecule has 2 aromatic rings. The van der Waals surface area contributed by atoms with Crippen LogP contribution in [0.4, 0.5) is 10.1 Å². The molecule has 0 spiro atoms. The van der Waals surface area contributed by atoms with Gasteiger partial charge in [-0.15, -0.1) is 0 Å². The van der Waals surface area contributed by atoms with E-state index in [4.69, 9.17) is 9.84 Å². The minimum absolute atomic E-state index is 0.0968. The molecule has 0 aliphatic rings. The Morgan fingerprint density at radius 3 is 2.40 bits per heavy atom. The highest BCUT2D eigenvalue weighted by Gasteiger charge is 2.15. The highest BCUT2D eigenvalue weighted by Crippen LogP contribution is 2.28. The quantitative estimate of drug-likeness (QED) is 0.673. The lowest BCUT2D eigenvalue weighted by atomic mass is 10.2. The van der Waals surface area contributed by atoms with Gasteiger partial charge in [0.25, 0.3) is 0 Å². The van der Waals surface area contributed by atoms with Crippen LogP contribution in [0.15, 0.2) is 42.5 Å². The van der Waals surface area contributed by atoms with Gasteiger partial charge >= 0.3 is 5.69 Å². The first-order chi connectivity index (χ1) is 9.60. The van der Waals surface area contributed by atoms with E-state index in [1.165, 1.54) is 24.3 Å². The first-order valence-corrected chi connectivity index (χ1v) is 5.85. The monoisotopic (exact) mass is 277 g/mol. The molecule has 0 heterocycles. The molecule has 0 unspecified atom stereocenters. The molecule has 0 saturated heterocycles. The van der Waals surface area contributed by atoms with Crippen molar-refractivity contribution in [3.05, 3.63) is 69.5 Å². The second kappa shape index (κ2) is 6.12. The van der Waals surface area contributed by atoms with Crippen molar-refractivity contribution in [3.8, 4) is 5.75 Å². The summed E-state index contributed by atoms with van der Waals surface area (Å²) in [6, 6.07) is 9.93. The van der Waals surface area contributed by atoms with Crippen molar-refractivity contribution in [2.75, 3.05) is 0 Å². The molecule has 0 amide bonds. The minimum Gasteiger partial charge on any atom is -0.482 e. The summed E-state index contributed by atoms with van der Waals surface area (Å²) in [5.74, 6) is -0.247. The van der Waals surface area contributed by atoms with Crippen LogP contribution in [-0.2, 0) is 13.2 Å². The van der Waals surface area contributed by atoms with E-state index in [1.54, 1.807) is 18.2 Å². The molecule has 0 bridgehead atoms. The van der Waals surface area contributed by atoms with Crippen molar-refractivity contribution in [1.82, 2.24) is 0 Å². The van der Waals surface area contributed by atoms with Gasteiger partial charge in [0.05, 0.1) is 11.5 Å². The summed E-state index contributed by atoms with van der Waals surface area (Å²) in [5, 5.41) is 19.9. The number of nitro groups is 1. The lowest BCUT2D eigenvalue weighted by Gasteiger charge is -2.07. The number of nitro benzene ring substituents is 1. The third-order valence-corrected chi connectivity index (χ3v) is 2.71. The van der Waals surface area contributed by atoms with Gasteiger partial charge in [-0.1, -0.05) is 18.2 Å². The molecule has 5 nitrogen and oxygen atoms in total. The molecule has 20 heavy (non-hydrogen) atoms. The Morgan fingerprint density at radius 1 is 1.15 bits per heavy atom. The molecule has 0 saturated carbocycles. The van der Waals surface area contributed by atoms with Gasteiger partial charge in [-0.05, 0) is 29.3 Å². The lowest BCUT2D eigenvalue weighted by molar-refractivity contribution is -0.386. The zero-order valence-electron chi connectivity index (χ0n) is 10.5. The maximum atomic E-state index is 12.7. The van der Waals surface area contributed by atoms with Gasteiger partial charge in [0.15, 0.2) is 5.75 Å². The van der Waals surface area contributed by atoms with Crippen molar-refractivity contribution in [3.63, 3.8) is 0 Å². The van der Waals surface area contributed by atoms with Gasteiger partial charge in [0, 0.05) is 6.07 Å². The average Bonchev–Trinajstić information content (AvgIpc) is 2.46. The molecule has 0 aliphatic heterocycles. The van der Waals surface area contributed by atoms with Crippen LogP contribution < -0.4 is 4.74 Å². The predicted octanol–water partition coefficient (Wildman–Crippen LogP) is 2.81. The highest BCUT2D eigenvalue weighted by molar-refractivity contribution is 5.48. The number of ether oxygens (including phenoxy) is 1. The maximum absolute atomic E-state index is 12.7. The van der Waals surface area contributed by atoms with E-state index in [9.17, 15) is 14.5 Å². The second-order valence-electron chi connectivity index (χ2n) is 4.13. The molecular formula is C14H12FNO4. The summed E-state index contributed by atoms with van der Waals surface area (Å²) in [5.41, 5.74) is 0.927. The number of halogens is 1. The summed E-state index contributed by atoms with van der Waals surface area (Å²) in [6.45, 7) is -0.182. The fourth-order valence-corrected chi connectivity index (χ4v) is 1.67. The van der Waals surface area contributed by atoms with E-state index in [-0.39, 0.29) is 30.5 Å². The number of aliphatic hydroxyl groups excluding tert-OH is 1. The number of benzene rings is 2. The molecule has 2 aromatic carbocycles. The first-order valence-electron chi connectivity index (χ1n) is 5.85. The highest BCUT2D eigenvalue weighted by atomic mass is 19.1. The number of aliphatic hydroxyl groups is 1. The smallest absolute Gasteiger partial charge is 0.311 e. The molecule has 0 aliphatic carbocycles. The summed E-state index contributed by atoms with van der Waals surface area (Å²) >= 11 is 0. The topological polar surface area (TPSA) is 72.6 Å². The Kier molecular flexibility index (Phi) is 4.27. The fourth-order valence-electron chi connectivity index (χ4n) is 1.67. The van der Waals surface area contributed by atoms with Gasteiger partial charge in [-0.3, -0.25) is 10.1 Å². The molecule has 6 heteroatoms. The van der Waals surface area contributed by atoms with Gasteiger partial charge in [-0.2, -0.15) is 0 Å².